The zero-order valence-corrected chi connectivity index (χ0v) is 13.3. The molecule has 0 bridgehead atoms. The first-order valence-corrected chi connectivity index (χ1v) is 7.62. The summed E-state index contributed by atoms with van der Waals surface area (Å²) in [5.74, 6) is 0. The Kier molecular flexibility index (Phi) is 7.56. The summed E-state index contributed by atoms with van der Waals surface area (Å²) in [6.07, 6.45) is 2.48. The summed E-state index contributed by atoms with van der Waals surface area (Å²) in [5, 5.41) is 3.46. The molecule has 1 aromatic carbocycles. The van der Waals surface area contributed by atoms with Crippen LogP contribution in [0, 0.1) is 0 Å². The van der Waals surface area contributed by atoms with Crippen molar-refractivity contribution in [3.8, 4) is 0 Å². The van der Waals surface area contributed by atoms with Crippen molar-refractivity contribution in [3.63, 3.8) is 0 Å². The summed E-state index contributed by atoms with van der Waals surface area (Å²) in [6, 6.07) is 9.09. The lowest BCUT2D eigenvalue weighted by molar-refractivity contribution is 0.215. The maximum Gasteiger partial charge on any atom is 0.0245 e. The Labute approximate surface area is 120 Å². The zero-order valence-electron chi connectivity index (χ0n) is 11.7. The third kappa shape index (κ3) is 5.09. The van der Waals surface area contributed by atoms with E-state index in [0.717, 1.165) is 19.6 Å². The number of likely N-dealkylation sites (N-methyl/N-ethyl adjacent to an activating group) is 2. The van der Waals surface area contributed by atoms with E-state index in [9.17, 15) is 0 Å². The lowest BCUT2D eigenvalue weighted by Crippen LogP contribution is -2.39. The summed E-state index contributed by atoms with van der Waals surface area (Å²) in [6.45, 7) is 7.54. The average Bonchev–Trinajstić information content (AvgIpc) is 2.37. The van der Waals surface area contributed by atoms with Gasteiger partial charge in [-0.3, -0.25) is 4.90 Å². The third-order valence-electron chi connectivity index (χ3n) is 3.25. The highest BCUT2D eigenvalue weighted by Crippen LogP contribution is 2.18. The fourth-order valence-corrected chi connectivity index (χ4v) is 2.56. The molecule has 1 aromatic rings. The van der Waals surface area contributed by atoms with E-state index < -0.39 is 0 Å². The number of nitrogens with zero attached hydrogens (tertiary/aromatic N) is 1. The first-order valence-electron chi connectivity index (χ1n) is 6.83. The minimum Gasteiger partial charge on any atom is -0.315 e. The van der Waals surface area contributed by atoms with Crippen LogP contribution in [0.25, 0.3) is 0 Å². The van der Waals surface area contributed by atoms with E-state index in [0.29, 0.717) is 6.04 Å². The summed E-state index contributed by atoms with van der Waals surface area (Å²) in [4.78, 5) is 2.45. The molecular weight excluding hydrogens is 288 g/mol. The monoisotopic (exact) mass is 312 g/mol. The second kappa shape index (κ2) is 8.68. The molecule has 0 heterocycles. The van der Waals surface area contributed by atoms with E-state index in [2.05, 4.69) is 71.3 Å². The van der Waals surface area contributed by atoms with E-state index in [4.69, 9.17) is 0 Å². The number of halogens is 1. The maximum absolute atomic E-state index is 3.62. The van der Waals surface area contributed by atoms with Crippen molar-refractivity contribution in [1.82, 2.24) is 10.2 Å². The van der Waals surface area contributed by atoms with Crippen LogP contribution in [-0.4, -0.2) is 31.1 Å². The van der Waals surface area contributed by atoms with Gasteiger partial charge >= 0.3 is 0 Å². The van der Waals surface area contributed by atoms with Crippen LogP contribution in [-0.2, 0) is 6.54 Å². The van der Waals surface area contributed by atoms with Gasteiger partial charge in [-0.25, -0.2) is 0 Å². The largest absolute Gasteiger partial charge is 0.315 e. The van der Waals surface area contributed by atoms with Crippen LogP contribution in [0.4, 0.5) is 0 Å². The lowest BCUT2D eigenvalue weighted by Gasteiger charge is -2.28. The summed E-state index contributed by atoms with van der Waals surface area (Å²) >= 11 is 3.62. The van der Waals surface area contributed by atoms with Crippen LogP contribution in [0.15, 0.2) is 28.7 Å². The fourth-order valence-electron chi connectivity index (χ4n) is 2.15. The quantitative estimate of drug-likeness (QED) is 0.788. The number of hydrogen-bond donors (Lipinski definition) is 1. The molecule has 1 rings (SSSR count). The number of nitrogens with one attached hydrogen (secondary N) is 1. The predicted molar refractivity (Wildman–Crippen MR) is 82.8 cm³/mol. The Morgan fingerprint density at radius 3 is 2.61 bits per heavy atom. The van der Waals surface area contributed by atoms with Crippen molar-refractivity contribution >= 4 is 15.9 Å². The average molecular weight is 313 g/mol. The highest BCUT2D eigenvalue weighted by atomic mass is 79.9. The molecule has 1 atom stereocenters. The molecule has 0 aliphatic carbocycles. The number of hydrogen-bond acceptors (Lipinski definition) is 2. The number of rotatable bonds is 8. The van der Waals surface area contributed by atoms with E-state index in [1.54, 1.807) is 0 Å². The molecule has 1 unspecified atom stereocenters. The lowest BCUT2D eigenvalue weighted by atomic mass is 10.1. The molecular formula is C15H25BrN2. The van der Waals surface area contributed by atoms with Gasteiger partial charge in [-0.05, 0) is 31.6 Å². The molecule has 0 spiro atoms. The molecule has 0 fully saturated rings. The third-order valence-corrected chi connectivity index (χ3v) is 4.03. The Hall–Kier alpha value is -0.380. The molecule has 0 saturated heterocycles. The van der Waals surface area contributed by atoms with Crippen LogP contribution in [0.1, 0.15) is 32.3 Å². The van der Waals surface area contributed by atoms with Crippen LogP contribution in [0.2, 0.25) is 0 Å². The van der Waals surface area contributed by atoms with Crippen LogP contribution in [0.3, 0.4) is 0 Å². The Morgan fingerprint density at radius 2 is 2.00 bits per heavy atom. The van der Waals surface area contributed by atoms with Crippen LogP contribution < -0.4 is 5.32 Å². The zero-order chi connectivity index (χ0) is 13.4. The molecule has 102 valence electrons. The Morgan fingerprint density at radius 1 is 1.28 bits per heavy atom. The second-order valence-corrected chi connectivity index (χ2v) is 5.61. The topological polar surface area (TPSA) is 15.3 Å². The molecule has 1 N–H and O–H groups in total. The van der Waals surface area contributed by atoms with Gasteiger partial charge in [-0.1, -0.05) is 54.4 Å². The first-order chi connectivity index (χ1) is 8.69. The second-order valence-electron chi connectivity index (χ2n) is 4.76. The molecule has 3 heteroatoms. The highest BCUT2D eigenvalue weighted by molar-refractivity contribution is 9.10. The molecule has 0 amide bonds. The van der Waals surface area contributed by atoms with E-state index in [-0.39, 0.29) is 0 Å². The van der Waals surface area contributed by atoms with Crippen LogP contribution in [0.5, 0.6) is 0 Å². The standard InChI is InChI=1S/C15H25BrN2/c1-4-8-14(11-17-5-2)18(3)12-13-9-6-7-10-15(13)16/h6-7,9-10,14,17H,4-5,8,11-12H2,1-3H3. The van der Waals surface area contributed by atoms with E-state index in [1.807, 2.05) is 0 Å². The first kappa shape index (κ1) is 15.7. The van der Waals surface area contributed by atoms with Crippen molar-refractivity contribution in [2.75, 3.05) is 20.1 Å². The van der Waals surface area contributed by atoms with Gasteiger partial charge in [0.25, 0.3) is 0 Å². The minimum atomic E-state index is 0.613. The Bertz CT molecular complexity index is 341. The van der Waals surface area contributed by atoms with Gasteiger partial charge in [-0.15, -0.1) is 0 Å². The molecule has 18 heavy (non-hydrogen) atoms. The van der Waals surface area contributed by atoms with E-state index in [1.165, 1.54) is 22.9 Å². The fraction of sp³-hybridized carbons (Fsp3) is 0.600. The van der Waals surface area contributed by atoms with Crippen molar-refractivity contribution < 1.29 is 0 Å². The summed E-state index contributed by atoms with van der Waals surface area (Å²) in [7, 11) is 2.22. The van der Waals surface area contributed by atoms with Crippen molar-refractivity contribution in [2.24, 2.45) is 0 Å². The number of benzene rings is 1. The van der Waals surface area contributed by atoms with Gasteiger partial charge in [0.15, 0.2) is 0 Å². The predicted octanol–water partition coefficient (Wildman–Crippen LogP) is 3.66. The molecule has 0 aromatic heterocycles. The molecule has 0 saturated carbocycles. The Balaban J connectivity index is 2.60. The molecule has 0 radical (unpaired) electrons. The maximum atomic E-state index is 3.62. The normalized spacial score (nSPS) is 12.9. The van der Waals surface area contributed by atoms with Gasteiger partial charge in [0.2, 0.25) is 0 Å². The van der Waals surface area contributed by atoms with Gasteiger partial charge in [-0.2, -0.15) is 0 Å². The minimum absolute atomic E-state index is 0.613. The summed E-state index contributed by atoms with van der Waals surface area (Å²) in [5.41, 5.74) is 1.36. The smallest absolute Gasteiger partial charge is 0.0245 e. The van der Waals surface area contributed by atoms with Gasteiger partial charge in [0, 0.05) is 23.6 Å². The van der Waals surface area contributed by atoms with Crippen LogP contribution >= 0.6 is 15.9 Å². The molecule has 0 aliphatic rings. The van der Waals surface area contributed by atoms with Crippen molar-refractivity contribution in [3.05, 3.63) is 34.3 Å². The highest BCUT2D eigenvalue weighted by Gasteiger charge is 2.14. The van der Waals surface area contributed by atoms with Crippen molar-refractivity contribution in [1.29, 1.82) is 0 Å². The molecule has 0 aliphatic heterocycles. The van der Waals surface area contributed by atoms with Crippen molar-refractivity contribution in [2.45, 2.75) is 39.3 Å². The SMILES string of the molecule is CCCC(CNCC)N(C)Cc1ccccc1Br. The van der Waals surface area contributed by atoms with Gasteiger partial charge < -0.3 is 5.32 Å². The molecule has 2 nitrogen and oxygen atoms in total. The van der Waals surface area contributed by atoms with E-state index >= 15 is 0 Å². The van der Waals surface area contributed by atoms with Gasteiger partial charge in [0.1, 0.15) is 0 Å². The van der Waals surface area contributed by atoms with Gasteiger partial charge in [0.05, 0.1) is 0 Å². The summed E-state index contributed by atoms with van der Waals surface area (Å²) < 4.78 is 1.20.